The maximum absolute atomic E-state index is 11.0. The van der Waals surface area contributed by atoms with Crippen LogP contribution in [0.15, 0.2) is 30.6 Å². The van der Waals surface area contributed by atoms with Gasteiger partial charge in [-0.2, -0.15) is 5.10 Å². The Morgan fingerprint density at radius 1 is 1.44 bits per heavy atom. The van der Waals surface area contributed by atoms with Gasteiger partial charge in [0.2, 0.25) is 0 Å². The SMILES string of the molecule is CNC(C)c1ccc(-n2ccc(C(N)=O)n2)cn1. The van der Waals surface area contributed by atoms with E-state index >= 15 is 0 Å². The fraction of sp³-hybridized carbons (Fsp3) is 0.250. The number of primary amides is 1. The Labute approximate surface area is 105 Å². The summed E-state index contributed by atoms with van der Waals surface area (Å²) in [6, 6.07) is 5.58. The van der Waals surface area contributed by atoms with Crippen molar-refractivity contribution < 1.29 is 4.79 Å². The molecule has 0 spiro atoms. The first-order valence-corrected chi connectivity index (χ1v) is 5.61. The molecular weight excluding hydrogens is 230 g/mol. The summed E-state index contributed by atoms with van der Waals surface area (Å²) >= 11 is 0. The highest BCUT2D eigenvalue weighted by molar-refractivity contribution is 5.90. The van der Waals surface area contributed by atoms with E-state index in [1.165, 1.54) is 0 Å². The van der Waals surface area contributed by atoms with E-state index in [4.69, 9.17) is 5.73 Å². The van der Waals surface area contributed by atoms with Crippen molar-refractivity contribution in [2.45, 2.75) is 13.0 Å². The van der Waals surface area contributed by atoms with Crippen LogP contribution in [0.2, 0.25) is 0 Å². The van der Waals surface area contributed by atoms with E-state index < -0.39 is 5.91 Å². The lowest BCUT2D eigenvalue weighted by atomic mass is 10.2. The second-order valence-electron chi connectivity index (χ2n) is 3.96. The summed E-state index contributed by atoms with van der Waals surface area (Å²) in [7, 11) is 1.88. The van der Waals surface area contributed by atoms with Gasteiger partial charge in [0.1, 0.15) is 5.69 Å². The van der Waals surface area contributed by atoms with Gasteiger partial charge in [0.05, 0.1) is 17.6 Å². The molecule has 94 valence electrons. The lowest BCUT2D eigenvalue weighted by Gasteiger charge is -2.09. The van der Waals surface area contributed by atoms with Gasteiger partial charge in [-0.25, -0.2) is 4.68 Å². The Bertz CT molecular complexity index is 546. The maximum atomic E-state index is 11.0. The number of amides is 1. The van der Waals surface area contributed by atoms with E-state index in [0.29, 0.717) is 0 Å². The number of carbonyl (C=O) groups is 1. The molecule has 0 aromatic carbocycles. The minimum absolute atomic E-state index is 0.192. The van der Waals surface area contributed by atoms with Crippen molar-refractivity contribution in [3.8, 4) is 5.69 Å². The van der Waals surface area contributed by atoms with Gasteiger partial charge in [-0.3, -0.25) is 9.78 Å². The summed E-state index contributed by atoms with van der Waals surface area (Å²) in [5, 5.41) is 7.17. The van der Waals surface area contributed by atoms with Crippen LogP contribution in [0.25, 0.3) is 5.69 Å². The standard InChI is InChI=1S/C12H15N5O/c1-8(14-2)10-4-3-9(7-15-10)17-6-5-11(16-17)12(13)18/h3-8,14H,1-2H3,(H2,13,18). The average Bonchev–Trinajstić information content (AvgIpc) is 2.88. The quantitative estimate of drug-likeness (QED) is 0.828. The monoisotopic (exact) mass is 245 g/mol. The molecule has 6 heteroatoms. The summed E-state index contributed by atoms with van der Waals surface area (Å²) < 4.78 is 1.57. The lowest BCUT2D eigenvalue weighted by Crippen LogP contribution is -2.14. The molecule has 0 saturated heterocycles. The molecule has 1 amide bonds. The second-order valence-corrected chi connectivity index (χ2v) is 3.96. The van der Waals surface area contributed by atoms with Crippen molar-refractivity contribution in [2.24, 2.45) is 5.73 Å². The number of pyridine rings is 1. The third-order valence-corrected chi connectivity index (χ3v) is 2.75. The first kappa shape index (κ1) is 12.3. The highest BCUT2D eigenvalue weighted by Gasteiger charge is 2.07. The zero-order valence-corrected chi connectivity index (χ0v) is 10.3. The molecule has 6 nitrogen and oxygen atoms in total. The summed E-state index contributed by atoms with van der Waals surface area (Å²) in [4.78, 5) is 15.3. The summed E-state index contributed by atoms with van der Waals surface area (Å²) in [5.74, 6) is -0.540. The minimum atomic E-state index is -0.540. The molecule has 0 aliphatic carbocycles. The Hall–Kier alpha value is -2.21. The molecule has 1 atom stereocenters. The molecule has 2 aromatic heterocycles. The molecule has 0 saturated carbocycles. The van der Waals surface area contributed by atoms with Crippen LogP contribution in [0, 0.1) is 0 Å². The van der Waals surface area contributed by atoms with Gasteiger partial charge >= 0.3 is 0 Å². The van der Waals surface area contributed by atoms with Crippen LogP contribution in [0.5, 0.6) is 0 Å². The van der Waals surface area contributed by atoms with Crippen molar-refractivity contribution >= 4 is 5.91 Å². The van der Waals surface area contributed by atoms with Gasteiger partial charge in [0, 0.05) is 12.2 Å². The fourth-order valence-corrected chi connectivity index (χ4v) is 1.54. The lowest BCUT2D eigenvalue weighted by molar-refractivity contribution is 0.0995. The van der Waals surface area contributed by atoms with Crippen molar-refractivity contribution in [3.63, 3.8) is 0 Å². The first-order valence-electron chi connectivity index (χ1n) is 5.61. The normalized spacial score (nSPS) is 12.3. The van der Waals surface area contributed by atoms with Crippen LogP contribution >= 0.6 is 0 Å². The van der Waals surface area contributed by atoms with E-state index in [2.05, 4.69) is 15.4 Å². The van der Waals surface area contributed by atoms with E-state index in [9.17, 15) is 4.79 Å². The molecular formula is C12H15N5O. The Morgan fingerprint density at radius 3 is 2.72 bits per heavy atom. The topological polar surface area (TPSA) is 85.8 Å². The van der Waals surface area contributed by atoms with Gasteiger partial charge in [0.25, 0.3) is 5.91 Å². The number of nitrogens with one attached hydrogen (secondary N) is 1. The first-order chi connectivity index (χ1) is 8.61. The molecule has 18 heavy (non-hydrogen) atoms. The molecule has 2 heterocycles. The number of hydrogen-bond donors (Lipinski definition) is 2. The van der Waals surface area contributed by atoms with Crippen molar-refractivity contribution in [3.05, 3.63) is 42.0 Å². The van der Waals surface area contributed by atoms with Crippen LogP contribution < -0.4 is 11.1 Å². The molecule has 0 fully saturated rings. The summed E-state index contributed by atoms with van der Waals surface area (Å²) in [6.45, 7) is 2.03. The number of nitrogens with zero attached hydrogens (tertiary/aromatic N) is 3. The van der Waals surface area contributed by atoms with Gasteiger partial charge < -0.3 is 11.1 Å². The minimum Gasteiger partial charge on any atom is -0.364 e. The van der Waals surface area contributed by atoms with Crippen molar-refractivity contribution in [1.29, 1.82) is 0 Å². The van der Waals surface area contributed by atoms with Crippen LogP contribution in [0.4, 0.5) is 0 Å². The molecule has 0 radical (unpaired) electrons. The summed E-state index contributed by atoms with van der Waals surface area (Å²) in [6.07, 6.45) is 3.39. The number of carbonyl (C=O) groups excluding carboxylic acids is 1. The van der Waals surface area contributed by atoms with Gasteiger partial charge in [-0.1, -0.05) is 0 Å². The van der Waals surface area contributed by atoms with Crippen LogP contribution in [-0.4, -0.2) is 27.7 Å². The van der Waals surface area contributed by atoms with Gasteiger partial charge in [0.15, 0.2) is 0 Å². The average molecular weight is 245 g/mol. The number of aromatic nitrogens is 3. The fourth-order valence-electron chi connectivity index (χ4n) is 1.54. The van der Waals surface area contributed by atoms with Crippen LogP contribution in [-0.2, 0) is 0 Å². The van der Waals surface area contributed by atoms with Crippen molar-refractivity contribution in [1.82, 2.24) is 20.1 Å². The Morgan fingerprint density at radius 2 is 2.22 bits per heavy atom. The predicted octanol–water partition coefficient (Wildman–Crippen LogP) is 0.647. The largest absolute Gasteiger partial charge is 0.364 e. The van der Waals surface area contributed by atoms with E-state index in [1.54, 1.807) is 23.1 Å². The maximum Gasteiger partial charge on any atom is 0.269 e. The molecule has 1 unspecified atom stereocenters. The molecule has 2 rings (SSSR count). The molecule has 0 aliphatic heterocycles. The molecule has 0 aliphatic rings. The second kappa shape index (κ2) is 4.97. The number of hydrogen-bond acceptors (Lipinski definition) is 4. The number of rotatable bonds is 4. The Kier molecular flexibility index (Phi) is 3.38. The van der Waals surface area contributed by atoms with Crippen LogP contribution in [0.1, 0.15) is 29.1 Å². The van der Waals surface area contributed by atoms with Gasteiger partial charge in [-0.05, 0) is 32.2 Å². The summed E-state index contributed by atoms with van der Waals surface area (Å²) in [5.41, 5.74) is 7.12. The van der Waals surface area contributed by atoms with E-state index in [-0.39, 0.29) is 11.7 Å². The number of nitrogens with two attached hydrogens (primary N) is 1. The highest BCUT2D eigenvalue weighted by Crippen LogP contribution is 2.11. The van der Waals surface area contributed by atoms with E-state index in [0.717, 1.165) is 11.4 Å². The Balaban J connectivity index is 2.25. The third kappa shape index (κ3) is 2.38. The molecule has 0 bridgehead atoms. The molecule has 2 aromatic rings. The van der Waals surface area contributed by atoms with Gasteiger partial charge in [-0.15, -0.1) is 0 Å². The third-order valence-electron chi connectivity index (χ3n) is 2.75. The van der Waals surface area contributed by atoms with Crippen LogP contribution in [0.3, 0.4) is 0 Å². The highest BCUT2D eigenvalue weighted by atomic mass is 16.1. The van der Waals surface area contributed by atoms with E-state index in [1.807, 2.05) is 26.1 Å². The van der Waals surface area contributed by atoms with Crippen molar-refractivity contribution in [2.75, 3.05) is 7.05 Å². The zero-order valence-electron chi connectivity index (χ0n) is 10.3. The zero-order chi connectivity index (χ0) is 13.1. The molecule has 3 N–H and O–H groups in total. The smallest absolute Gasteiger partial charge is 0.269 e. The predicted molar refractivity (Wildman–Crippen MR) is 67.4 cm³/mol.